The van der Waals surface area contributed by atoms with Gasteiger partial charge in [-0.25, -0.2) is 0 Å². The molecule has 0 saturated carbocycles. The summed E-state index contributed by atoms with van der Waals surface area (Å²) in [6, 6.07) is 0. The molecule has 3 nitrogen and oxygen atoms in total. The average Bonchev–Trinajstić information content (AvgIpc) is 2.06. The Morgan fingerprint density at radius 2 is 1.75 bits per heavy atom. The molecule has 0 bridgehead atoms. The first-order chi connectivity index (χ1) is 5.85. The maximum Gasteiger partial charge on any atom is 0.157 e. The fraction of sp³-hybridized carbons (Fsp3) is 1.00. The van der Waals surface area contributed by atoms with Crippen LogP contribution in [0.1, 0.15) is 26.7 Å². The van der Waals surface area contributed by atoms with Crippen molar-refractivity contribution in [3.05, 3.63) is 0 Å². The Balaban J connectivity index is 3.34. The Morgan fingerprint density at radius 1 is 1.17 bits per heavy atom. The zero-order chi connectivity index (χ0) is 9.23. The van der Waals surface area contributed by atoms with Gasteiger partial charge in [-0.15, -0.1) is 0 Å². The second-order valence-corrected chi connectivity index (χ2v) is 3.05. The number of rotatable bonds is 8. The van der Waals surface area contributed by atoms with E-state index in [2.05, 4.69) is 0 Å². The Labute approximate surface area is 77.9 Å². The van der Waals surface area contributed by atoms with E-state index in [1.54, 1.807) is 0 Å². The van der Waals surface area contributed by atoms with Gasteiger partial charge in [0.05, 0.1) is 0 Å². The molecular formula is C8H20O3Si. The van der Waals surface area contributed by atoms with Crippen LogP contribution in [0.4, 0.5) is 0 Å². The standard InChI is InChI=1S/C8H20O3Si/c1-3-9-8(10-4-2)6-5-7-11-12/h8H,3-7H2,1-2,12H3. The van der Waals surface area contributed by atoms with E-state index in [9.17, 15) is 0 Å². The lowest BCUT2D eigenvalue weighted by atomic mass is 10.3. The van der Waals surface area contributed by atoms with Crippen molar-refractivity contribution in [2.75, 3.05) is 19.8 Å². The molecule has 74 valence electrons. The van der Waals surface area contributed by atoms with Crippen molar-refractivity contribution in [1.82, 2.24) is 0 Å². The fourth-order valence-corrected chi connectivity index (χ4v) is 1.27. The maximum absolute atomic E-state index is 5.36. The third-order valence-electron chi connectivity index (χ3n) is 1.49. The molecule has 0 amide bonds. The van der Waals surface area contributed by atoms with Crippen LogP contribution in [-0.2, 0) is 13.9 Å². The first-order valence-electron chi connectivity index (χ1n) is 4.57. The molecular weight excluding hydrogens is 172 g/mol. The van der Waals surface area contributed by atoms with Crippen molar-refractivity contribution in [1.29, 1.82) is 0 Å². The minimum Gasteiger partial charge on any atom is -0.428 e. The molecule has 0 aromatic rings. The van der Waals surface area contributed by atoms with Gasteiger partial charge in [0, 0.05) is 26.2 Å². The summed E-state index contributed by atoms with van der Waals surface area (Å²) in [7, 11) is 0.822. The van der Waals surface area contributed by atoms with Gasteiger partial charge in [-0.2, -0.15) is 0 Å². The molecule has 4 heteroatoms. The third-order valence-corrected chi connectivity index (χ3v) is 1.90. The van der Waals surface area contributed by atoms with Gasteiger partial charge in [0.15, 0.2) is 6.29 Å². The summed E-state index contributed by atoms with van der Waals surface area (Å²) in [5.41, 5.74) is 0. The van der Waals surface area contributed by atoms with Gasteiger partial charge in [0.2, 0.25) is 0 Å². The van der Waals surface area contributed by atoms with Crippen molar-refractivity contribution in [3.8, 4) is 0 Å². The molecule has 0 rings (SSSR count). The lowest BCUT2D eigenvalue weighted by Gasteiger charge is -2.16. The average molecular weight is 192 g/mol. The number of hydrogen-bond acceptors (Lipinski definition) is 3. The van der Waals surface area contributed by atoms with Gasteiger partial charge in [-0.3, -0.25) is 0 Å². The summed E-state index contributed by atoms with van der Waals surface area (Å²) in [5, 5.41) is 0. The van der Waals surface area contributed by atoms with Gasteiger partial charge in [-0.1, -0.05) is 0 Å². The van der Waals surface area contributed by atoms with E-state index in [0.717, 1.165) is 29.9 Å². The monoisotopic (exact) mass is 192 g/mol. The van der Waals surface area contributed by atoms with E-state index >= 15 is 0 Å². The zero-order valence-electron chi connectivity index (χ0n) is 8.34. The highest BCUT2D eigenvalue weighted by Gasteiger charge is 2.05. The van der Waals surface area contributed by atoms with Crippen molar-refractivity contribution in [3.63, 3.8) is 0 Å². The predicted octanol–water partition coefficient (Wildman–Crippen LogP) is 0.463. The highest BCUT2D eigenvalue weighted by molar-refractivity contribution is 5.97. The SMILES string of the molecule is CCOC(CCCO[SiH3])OCC. The minimum atomic E-state index is -0.0307. The summed E-state index contributed by atoms with van der Waals surface area (Å²) in [6.45, 7) is 6.23. The van der Waals surface area contributed by atoms with Crippen LogP contribution in [0.15, 0.2) is 0 Å². The van der Waals surface area contributed by atoms with Gasteiger partial charge in [-0.05, 0) is 20.3 Å². The Hall–Kier alpha value is 0.0969. The predicted molar refractivity (Wildman–Crippen MR) is 52.2 cm³/mol. The second-order valence-electron chi connectivity index (χ2n) is 2.48. The van der Waals surface area contributed by atoms with Crippen LogP contribution in [0.5, 0.6) is 0 Å². The molecule has 12 heavy (non-hydrogen) atoms. The van der Waals surface area contributed by atoms with Crippen LogP contribution in [-0.4, -0.2) is 36.6 Å². The van der Waals surface area contributed by atoms with Gasteiger partial charge in [0.25, 0.3) is 0 Å². The van der Waals surface area contributed by atoms with E-state index in [-0.39, 0.29) is 6.29 Å². The maximum atomic E-state index is 5.36. The first-order valence-corrected chi connectivity index (χ1v) is 5.38. The molecule has 0 N–H and O–H groups in total. The van der Waals surface area contributed by atoms with E-state index < -0.39 is 0 Å². The summed E-state index contributed by atoms with van der Waals surface area (Å²) in [6.07, 6.45) is 1.93. The zero-order valence-corrected chi connectivity index (χ0v) is 10.3. The van der Waals surface area contributed by atoms with Crippen molar-refractivity contribution < 1.29 is 13.9 Å². The van der Waals surface area contributed by atoms with Crippen LogP contribution in [0.2, 0.25) is 0 Å². The lowest BCUT2D eigenvalue weighted by Crippen LogP contribution is -2.17. The highest BCUT2D eigenvalue weighted by Crippen LogP contribution is 2.03. The van der Waals surface area contributed by atoms with Crippen LogP contribution >= 0.6 is 0 Å². The first kappa shape index (κ1) is 12.1. The normalized spacial score (nSPS) is 11.2. The van der Waals surface area contributed by atoms with E-state index in [1.807, 2.05) is 13.8 Å². The summed E-state index contributed by atoms with van der Waals surface area (Å²) in [4.78, 5) is 0. The molecule has 0 unspecified atom stereocenters. The van der Waals surface area contributed by atoms with E-state index in [0.29, 0.717) is 13.2 Å². The second kappa shape index (κ2) is 9.19. The summed E-state index contributed by atoms with van der Waals surface area (Å²) < 4.78 is 15.8. The van der Waals surface area contributed by atoms with Gasteiger partial charge in [0.1, 0.15) is 10.5 Å². The molecule has 0 aromatic heterocycles. The smallest absolute Gasteiger partial charge is 0.157 e. The quantitative estimate of drug-likeness (QED) is 0.318. The molecule has 0 fully saturated rings. The number of ether oxygens (including phenoxy) is 2. The number of hydrogen-bond donors (Lipinski definition) is 0. The van der Waals surface area contributed by atoms with Crippen LogP contribution in [0.3, 0.4) is 0 Å². The van der Waals surface area contributed by atoms with Crippen LogP contribution < -0.4 is 0 Å². The van der Waals surface area contributed by atoms with Crippen LogP contribution in [0, 0.1) is 0 Å². The van der Waals surface area contributed by atoms with Crippen LogP contribution in [0.25, 0.3) is 0 Å². The summed E-state index contributed by atoms with van der Waals surface area (Å²) in [5.74, 6) is 0. The third kappa shape index (κ3) is 6.79. The lowest BCUT2D eigenvalue weighted by molar-refractivity contribution is -0.140. The largest absolute Gasteiger partial charge is 0.428 e. The molecule has 0 atom stereocenters. The molecule has 0 aromatic carbocycles. The van der Waals surface area contributed by atoms with Gasteiger partial charge < -0.3 is 13.9 Å². The van der Waals surface area contributed by atoms with Crippen molar-refractivity contribution in [2.45, 2.75) is 33.0 Å². The summed E-state index contributed by atoms with van der Waals surface area (Å²) >= 11 is 0. The van der Waals surface area contributed by atoms with Gasteiger partial charge >= 0.3 is 0 Å². The highest BCUT2D eigenvalue weighted by atomic mass is 28.2. The molecule has 0 aliphatic heterocycles. The van der Waals surface area contributed by atoms with E-state index in [4.69, 9.17) is 13.9 Å². The Bertz CT molecular complexity index is 84.4. The van der Waals surface area contributed by atoms with Crippen molar-refractivity contribution >= 4 is 10.5 Å². The molecule has 0 radical (unpaired) electrons. The fourth-order valence-electron chi connectivity index (χ4n) is 0.981. The topological polar surface area (TPSA) is 27.7 Å². The van der Waals surface area contributed by atoms with E-state index in [1.165, 1.54) is 0 Å². The molecule has 0 spiro atoms. The minimum absolute atomic E-state index is 0.0307. The molecule has 0 saturated heterocycles. The Kier molecular flexibility index (Phi) is 9.26. The Morgan fingerprint density at radius 3 is 2.17 bits per heavy atom. The molecule has 0 aliphatic rings. The van der Waals surface area contributed by atoms with Crippen molar-refractivity contribution in [2.24, 2.45) is 0 Å². The molecule has 0 aliphatic carbocycles. The molecule has 0 heterocycles.